The number of nitrogens with zero attached hydrogens (tertiary/aromatic N) is 3. The van der Waals surface area contributed by atoms with Crippen LogP contribution in [0.5, 0.6) is 0 Å². The molecule has 0 spiro atoms. The van der Waals surface area contributed by atoms with Gasteiger partial charge in [-0.15, -0.1) is 0 Å². The standard InChI is InChI=1S/C11H16ClN3O4S/c1-14-10(9(12)7-13-14)20(17,18)15-5-3-8(4-6-15)11(16)19-2/h7-8H,3-6H2,1-2H3. The van der Waals surface area contributed by atoms with Gasteiger partial charge in [-0.3, -0.25) is 9.48 Å². The third-order valence-electron chi connectivity index (χ3n) is 3.42. The summed E-state index contributed by atoms with van der Waals surface area (Å²) in [4.78, 5) is 11.4. The second-order valence-corrected chi connectivity index (χ2v) is 6.88. The number of rotatable bonds is 3. The fraction of sp³-hybridized carbons (Fsp3) is 0.636. The predicted octanol–water partition coefficient (Wildman–Crippen LogP) is 0.647. The molecule has 0 atom stereocenters. The molecule has 0 bridgehead atoms. The molecular formula is C11H16ClN3O4S. The zero-order chi connectivity index (χ0) is 14.9. The Balaban J connectivity index is 2.16. The molecule has 1 aliphatic rings. The van der Waals surface area contributed by atoms with Gasteiger partial charge in [-0.05, 0) is 12.8 Å². The van der Waals surface area contributed by atoms with E-state index in [2.05, 4.69) is 9.84 Å². The second-order valence-electron chi connectivity index (χ2n) is 4.62. The van der Waals surface area contributed by atoms with Crippen molar-refractivity contribution in [2.24, 2.45) is 13.0 Å². The van der Waals surface area contributed by atoms with Gasteiger partial charge in [0, 0.05) is 20.1 Å². The van der Waals surface area contributed by atoms with Gasteiger partial charge in [0.1, 0.15) is 0 Å². The number of ether oxygens (including phenoxy) is 1. The van der Waals surface area contributed by atoms with Crippen molar-refractivity contribution in [3.05, 3.63) is 11.2 Å². The highest BCUT2D eigenvalue weighted by molar-refractivity contribution is 7.89. The van der Waals surface area contributed by atoms with Crippen LogP contribution in [-0.2, 0) is 26.6 Å². The van der Waals surface area contributed by atoms with E-state index in [-0.39, 0.29) is 35.0 Å². The van der Waals surface area contributed by atoms with Crippen LogP contribution in [0.25, 0.3) is 0 Å². The summed E-state index contributed by atoms with van der Waals surface area (Å²) < 4.78 is 32.2. The monoisotopic (exact) mass is 321 g/mol. The summed E-state index contributed by atoms with van der Waals surface area (Å²) in [5, 5.41) is 3.92. The molecule has 1 aromatic rings. The van der Waals surface area contributed by atoms with Gasteiger partial charge in [0.2, 0.25) is 0 Å². The number of hydrogen-bond donors (Lipinski definition) is 0. The maximum Gasteiger partial charge on any atom is 0.308 e. The van der Waals surface area contributed by atoms with Crippen molar-refractivity contribution in [2.45, 2.75) is 17.9 Å². The molecule has 20 heavy (non-hydrogen) atoms. The molecule has 1 saturated heterocycles. The maximum absolute atomic E-state index is 12.5. The number of carbonyl (C=O) groups excluding carboxylic acids is 1. The zero-order valence-corrected chi connectivity index (χ0v) is 12.8. The Morgan fingerprint density at radius 1 is 1.45 bits per heavy atom. The fourth-order valence-corrected chi connectivity index (χ4v) is 4.39. The molecular weight excluding hydrogens is 306 g/mol. The lowest BCUT2D eigenvalue weighted by Crippen LogP contribution is -2.41. The van der Waals surface area contributed by atoms with Crippen molar-refractivity contribution >= 4 is 27.6 Å². The van der Waals surface area contributed by atoms with Crippen LogP contribution in [-0.4, -0.2) is 48.7 Å². The van der Waals surface area contributed by atoms with E-state index in [1.165, 1.54) is 29.3 Å². The number of aryl methyl sites for hydroxylation is 1. The van der Waals surface area contributed by atoms with Crippen LogP contribution >= 0.6 is 11.6 Å². The lowest BCUT2D eigenvalue weighted by Gasteiger charge is -2.29. The van der Waals surface area contributed by atoms with E-state index in [1.807, 2.05) is 0 Å². The van der Waals surface area contributed by atoms with Crippen LogP contribution in [0.3, 0.4) is 0 Å². The second kappa shape index (κ2) is 5.71. The largest absolute Gasteiger partial charge is 0.469 e. The molecule has 7 nitrogen and oxygen atoms in total. The van der Waals surface area contributed by atoms with Gasteiger partial charge in [-0.2, -0.15) is 9.40 Å². The van der Waals surface area contributed by atoms with Crippen molar-refractivity contribution in [2.75, 3.05) is 20.2 Å². The van der Waals surface area contributed by atoms with E-state index in [4.69, 9.17) is 11.6 Å². The molecule has 1 aromatic heterocycles. The minimum atomic E-state index is -3.69. The Bertz CT molecular complexity index is 586. The topological polar surface area (TPSA) is 81.5 Å². The van der Waals surface area contributed by atoms with Gasteiger partial charge < -0.3 is 4.74 Å². The number of aromatic nitrogens is 2. The Morgan fingerprint density at radius 3 is 2.50 bits per heavy atom. The maximum atomic E-state index is 12.5. The average Bonchev–Trinajstić information content (AvgIpc) is 2.78. The first kappa shape index (κ1) is 15.3. The molecule has 0 amide bonds. The van der Waals surface area contributed by atoms with Crippen LogP contribution in [0, 0.1) is 5.92 Å². The van der Waals surface area contributed by atoms with Crippen LogP contribution in [0.4, 0.5) is 0 Å². The zero-order valence-electron chi connectivity index (χ0n) is 11.2. The van der Waals surface area contributed by atoms with Gasteiger partial charge >= 0.3 is 5.97 Å². The first-order valence-corrected chi connectivity index (χ1v) is 7.95. The minimum absolute atomic E-state index is 0.0179. The number of sulfonamides is 1. The smallest absolute Gasteiger partial charge is 0.308 e. The third-order valence-corrected chi connectivity index (χ3v) is 5.82. The molecule has 112 valence electrons. The highest BCUT2D eigenvalue weighted by Crippen LogP contribution is 2.27. The van der Waals surface area contributed by atoms with E-state index >= 15 is 0 Å². The Morgan fingerprint density at radius 2 is 2.05 bits per heavy atom. The average molecular weight is 322 g/mol. The number of esters is 1. The summed E-state index contributed by atoms with van der Waals surface area (Å²) in [7, 11) is -0.824. The van der Waals surface area contributed by atoms with Gasteiger partial charge in [0.05, 0.1) is 24.2 Å². The van der Waals surface area contributed by atoms with E-state index in [0.717, 1.165) is 0 Å². The molecule has 2 rings (SSSR count). The summed E-state index contributed by atoms with van der Waals surface area (Å²) in [5.74, 6) is -0.533. The fourth-order valence-electron chi connectivity index (χ4n) is 2.31. The Labute approximate surface area is 122 Å². The number of methoxy groups -OCH3 is 1. The number of halogens is 1. The van der Waals surface area contributed by atoms with E-state index in [0.29, 0.717) is 12.8 Å². The quantitative estimate of drug-likeness (QED) is 0.763. The number of piperidine rings is 1. The Hall–Kier alpha value is -1.12. The van der Waals surface area contributed by atoms with Gasteiger partial charge in [-0.25, -0.2) is 8.42 Å². The van der Waals surface area contributed by atoms with Gasteiger partial charge in [-0.1, -0.05) is 11.6 Å². The van der Waals surface area contributed by atoms with Gasteiger partial charge in [0.25, 0.3) is 10.0 Å². The van der Waals surface area contributed by atoms with Crippen molar-refractivity contribution in [3.63, 3.8) is 0 Å². The molecule has 0 unspecified atom stereocenters. The summed E-state index contributed by atoms with van der Waals surface area (Å²) in [6.45, 7) is 0.535. The lowest BCUT2D eigenvalue weighted by molar-refractivity contribution is -0.146. The Kier molecular flexibility index (Phi) is 4.36. The summed E-state index contributed by atoms with van der Waals surface area (Å²) in [5.41, 5.74) is 0. The van der Waals surface area contributed by atoms with E-state index < -0.39 is 10.0 Å². The molecule has 1 fully saturated rings. The first-order chi connectivity index (χ1) is 9.37. The van der Waals surface area contributed by atoms with Crippen LogP contribution in [0.15, 0.2) is 11.2 Å². The SMILES string of the molecule is COC(=O)C1CCN(S(=O)(=O)c2c(Cl)cnn2C)CC1. The minimum Gasteiger partial charge on any atom is -0.469 e. The summed E-state index contributed by atoms with van der Waals surface area (Å²) in [6, 6.07) is 0. The van der Waals surface area contributed by atoms with Gasteiger partial charge in [0.15, 0.2) is 5.03 Å². The van der Waals surface area contributed by atoms with E-state index in [1.54, 1.807) is 0 Å². The molecule has 2 heterocycles. The van der Waals surface area contributed by atoms with Crippen molar-refractivity contribution < 1.29 is 17.9 Å². The number of hydrogen-bond acceptors (Lipinski definition) is 5. The molecule has 9 heteroatoms. The summed E-state index contributed by atoms with van der Waals surface area (Å²) >= 11 is 5.89. The molecule has 0 aromatic carbocycles. The molecule has 0 saturated carbocycles. The first-order valence-electron chi connectivity index (χ1n) is 6.13. The summed E-state index contributed by atoms with van der Waals surface area (Å²) in [6.07, 6.45) is 2.19. The highest BCUT2D eigenvalue weighted by atomic mass is 35.5. The van der Waals surface area contributed by atoms with Crippen molar-refractivity contribution in [1.82, 2.24) is 14.1 Å². The molecule has 1 aliphatic heterocycles. The molecule has 0 aliphatic carbocycles. The van der Waals surface area contributed by atoms with Crippen LogP contribution in [0.1, 0.15) is 12.8 Å². The molecule has 0 radical (unpaired) electrons. The normalized spacial score (nSPS) is 18.1. The third kappa shape index (κ3) is 2.68. The van der Waals surface area contributed by atoms with Crippen LogP contribution < -0.4 is 0 Å². The predicted molar refractivity (Wildman–Crippen MR) is 71.7 cm³/mol. The highest BCUT2D eigenvalue weighted by Gasteiger charge is 2.35. The van der Waals surface area contributed by atoms with Crippen molar-refractivity contribution in [3.8, 4) is 0 Å². The van der Waals surface area contributed by atoms with E-state index in [9.17, 15) is 13.2 Å². The number of carbonyl (C=O) groups is 1. The lowest BCUT2D eigenvalue weighted by atomic mass is 9.99. The molecule has 0 N–H and O–H groups in total. The van der Waals surface area contributed by atoms with Crippen molar-refractivity contribution in [1.29, 1.82) is 0 Å². The van der Waals surface area contributed by atoms with Crippen LogP contribution in [0.2, 0.25) is 5.02 Å².